The lowest BCUT2D eigenvalue weighted by Crippen LogP contribution is -2.23. The quantitative estimate of drug-likeness (QED) is 0.669. The number of fused-ring (bicyclic) bond motifs is 2. The van der Waals surface area contributed by atoms with Crippen LogP contribution in [-0.4, -0.2) is 63.5 Å². The molecule has 170 valence electrons. The Hall–Kier alpha value is -1.89. The van der Waals surface area contributed by atoms with E-state index in [9.17, 15) is 0 Å². The fraction of sp³-hybridized carbons (Fsp3) is 0.640. The molecule has 2 aliphatic heterocycles. The molecule has 0 unspecified atom stereocenters. The minimum Gasteiger partial charge on any atom is -0.496 e. The van der Waals surface area contributed by atoms with E-state index < -0.39 is 0 Å². The zero-order valence-electron chi connectivity index (χ0n) is 19.2. The molecule has 2 saturated heterocycles. The summed E-state index contributed by atoms with van der Waals surface area (Å²) in [4.78, 5) is 7.41. The van der Waals surface area contributed by atoms with Crippen molar-refractivity contribution in [3.63, 3.8) is 0 Å². The molecule has 3 heterocycles. The van der Waals surface area contributed by atoms with Crippen LogP contribution in [0.2, 0.25) is 0 Å². The largest absolute Gasteiger partial charge is 0.496 e. The second kappa shape index (κ2) is 11.1. The number of nitrogens with zero attached hydrogens (tertiary/aromatic N) is 2. The van der Waals surface area contributed by atoms with Gasteiger partial charge < -0.3 is 24.4 Å². The second-order valence-corrected chi connectivity index (χ2v) is 8.62. The molecule has 3 aliphatic rings. The average molecular weight is 428 g/mol. The van der Waals surface area contributed by atoms with Gasteiger partial charge in [0, 0.05) is 49.1 Å². The fourth-order valence-electron chi connectivity index (χ4n) is 4.81. The Balaban J connectivity index is 0.000000407. The van der Waals surface area contributed by atoms with Gasteiger partial charge in [0.2, 0.25) is 0 Å². The molecule has 1 aromatic heterocycles. The second-order valence-electron chi connectivity index (χ2n) is 8.62. The van der Waals surface area contributed by atoms with Gasteiger partial charge in [0.05, 0.1) is 25.8 Å². The van der Waals surface area contributed by atoms with Crippen molar-refractivity contribution in [3.05, 3.63) is 29.0 Å². The summed E-state index contributed by atoms with van der Waals surface area (Å²) in [7, 11) is 3.73. The first-order valence-electron chi connectivity index (χ1n) is 11.9. The number of likely N-dealkylation sites (tertiary alicyclic amines) is 1. The summed E-state index contributed by atoms with van der Waals surface area (Å²) in [6.07, 6.45) is 8.58. The van der Waals surface area contributed by atoms with Gasteiger partial charge in [0.1, 0.15) is 5.75 Å². The van der Waals surface area contributed by atoms with Crippen molar-refractivity contribution in [1.82, 2.24) is 9.88 Å². The lowest BCUT2D eigenvalue weighted by Gasteiger charge is -2.17. The van der Waals surface area contributed by atoms with E-state index >= 15 is 0 Å². The molecule has 2 aromatic rings. The highest BCUT2D eigenvalue weighted by molar-refractivity contribution is 5.95. The zero-order chi connectivity index (χ0) is 21.5. The molecule has 31 heavy (non-hydrogen) atoms. The summed E-state index contributed by atoms with van der Waals surface area (Å²) in [6, 6.07) is 4.26. The first-order valence-corrected chi connectivity index (χ1v) is 11.9. The molecular formula is C25H37N3O3. The molecule has 0 bridgehead atoms. The molecule has 1 aromatic carbocycles. The van der Waals surface area contributed by atoms with E-state index in [1.807, 2.05) is 7.05 Å². The van der Waals surface area contributed by atoms with Crippen molar-refractivity contribution in [1.29, 1.82) is 0 Å². The van der Waals surface area contributed by atoms with Crippen LogP contribution in [0.1, 0.15) is 48.9 Å². The van der Waals surface area contributed by atoms with Crippen molar-refractivity contribution in [2.45, 2.75) is 51.6 Å². The fourth-order valence-corrected chi connectivity index (χ4v) is 4.81. The van der Waals surface area contributed by atoms with Crippen LogP contribution >= 0.6 is 0 Å². The molecule has 0 amide bonds. The molecule has 1 N–H and O–H groups in total. The lowest BCUT2D eigenvalue weighted by molar-refractivity contribution is 0.0979. The van der Waals surface area contributed by atoms with E-state index in [1.54, 1.807) is 7.11 Å². The highest BCUT2D eigenvalue weighted by Crippen LogP contribution is 2.37. The summed E-state index contributed by atoms with van der Waals surface area (Å²) in [5.41, 5.74) is 5.94. The summed E-state index contributed by atoms with van der Waals surface area (Å²) in [6.45, 7) is 6.78. The third-order valence-corrected chi connectivity index (χ3v) is 6.50. The maximum Gasteiger partial charge on any atom is 0.125 e. The summed E-state index contributed by atoms with van der Waals surface area (Å²) in [5, 5.41) is 4.54. The smallest absolute Gasteiger partial charge is 0.125 e. The minimum absolute atomic E-state index is 0.570. The molecule has 6 nitrogen and oxygen atoms in total. The Labute approximate surface area is 186 Å². The van der Waals surface area contributed by atoms with E-state index in [2.05, 4.69) is 22.3 Å². The van der Waals surface area contributed by atoms with Crippen LogP contribution in [0.3, 0.4) is 0 Å². The van der Waals surface area contributed by atoms with Crippen LogP contribution in [0.5, 0.6) is 5.75 Å². The number of hydrogen-bond acceptors (Lipinski definition) is 6. The number of nitrogens with one attached hydrogen (secondary N) is 1. The molecule has 0 saturated carbocycles. The number of aryl methyl sites for hydroxylation is 1. The van der Waals surface area contributed by atoms with Gasteiger partial charge in [-0.25, -0.2) is 0 Å². The number of hydrogen-bond donors (Lipinski definition) is 1. The van der Waals surface area contributed by atoms with E-state index in [0.29, 0.717) is 6.61 Å². The molecule has 0 atom stereocenters. The summed E-state index contributed by atoms with van der Waals surface area (Å²) < 4.78 is 16.6. The Bertz CT molecular complexity index is 853. The lowest BCUT2D eigenvalue weighted by atomic mass is 10.0. The van der Waals surface area contributed by atoms with Crippen LogP contribution in [0.4, 0.5) is 5.69 Å². The normalized spacial score (nSPS) is 18.1. The van der Waals surface area contributed by atoms with Crippen LogP contribution in [0, 0.1) is 0 Å². The van der Waals surface area contributed by atoms with Gasteiger partial charge in [0.15, 0.2) is 0 Å². The van der Waals surface area contributed by atoms with Crippen molar-refractivity contribution in [3.8, 4) is 5.75 Å². The van der Waals surface area contributed by atoms with E-state index in [-0.39, 0.29) is 0 Å². The van der Waals surface area contributed by atoms with E-state index in [4.69, 9.17) is 19.2 Å². The predicted octanol–water partition coefficient (Wildman–Crippen LogP) is 4.18. The maximum absolute atomic E-state index is 5.96. The maximum atomic E-state index is 5.96. The molecule has 5 rings (SSSR count). The average Bonchev–Trinajstić information content (AvgIpc) is 3.58. The minimum atomic E-state index is 0.570. The van der Waals surface area contributed by atoms with Gasteiger partial charge >= 0.3 is 0 Å². The Morgan fingerprint density at radius 3 is 2.55 bits per heavy atom. The van der Waals surface area contributed by atoms with Gasteiger partial charge in [-0.15, -0.1) is 0 Å². The standard InChI is InChI=1S/C21H29N3O2.C4H8O/c1-22-21-16-6-5-7-18(16)23-19-12-15(20(25-2)13-17(19)21)14-26-11-10-24-8-3-4-9-24;1-2-4-5-3-1/h12-13H,3-11,14H2,1-2H3,(H,22,23);1-4H2. The number of rotatable bonds is 7. The SMILES string of the molecule is C1CCOC1.CNc1c2c(nc3cc(COCCN4CCCC4)c(OC)cc13)CCC2. The third-order valence-electron chi connectivity index (χ3n) is 6.50. The van der Waals surface area contributed by atoms with Crippen LogP contribution < -0.4 is 10.1 Å². The number of anilines is 1. The van der Waals surface area contributed by atoms with Crippen molar-refractivity contribution < 1.29 is 14.2 Å². The Morgan fingerprint density at radius 1 is 1.06 bits per heavy atom. The summed E-state index contributed by atoms with van der Waals surface area (Å²) in [5.74, 6) is 0.884. The van der Waals surface area contributed by atoms with Crippen molar-refractivity contribution >= 4 is 16.6 Å². The number of methoxy groups -OCH3 is 1. The highest BCUT2D eigenvalue weighted by Gasteiger charge is 2.20. The molecule has 0 spiro atoms. The Morgan fingerprint density at radius 2 is 1.87 bits per heavy atom. The van der Waals surface area contributed by atoms with Gasteiger partial charge in [-0.1, -0.05) is 0 Å². The molecule has 2 fully saturated rings. The predicted molar refractivity (Wildman–Crippen MR) is 125 cm³/mol. The van der Waals surface area contributed by atoms with Gasteiger partial charge in [-0.05, 0) is 75.7 Å². The van der Waals surface area contributed by atoms with Crippen molar-refractivity contribution in [2.75, 3.05) is 58.9 Å². The first-order chi connectivity index (χ1) is 15.3. The third kappa shape index (κ3) is 5.48. The van der Waals surface area contributed by atoms with Gasteiger partial charge in [-0.2, -0.15) is 0 Å². The molecule has 6 heteroatoms. The zero-order valence-corrected chi connectivity index (χ0v) is 19.2. The molecule has 1 aliphatic carbocycles. The first kappa shape index (κ1) is 22.3. The van der Waals surface area contributed by atoms with Crippen LogP contribution in [0.25, 0.3) is 10.9 Å². The highest BCUT2D eigenvalue weighted by atomic mass is 16.5. The number of ether oxygens (including phenoxy) is 3. The molecular weight excluding hydrogens is 390 g/mol. The van der Waals surface area contributed by atoms with E-state index in [1.165, 1.54) is 62.1 Å². The number of benzene rings is 1. The van der Waals surface area contributed by atoms with Crippen LogP contribution in [-0.2, 0) is 28.9 Å². The van der Waals surface area contributed by atoms with Crippen molar-refractivity contribution in [2.24, 2.45) is 0 Å². The van der Waals surface area contributed by atoms with Crippen LogP contribution in [0.15, 0.2) is 12.1 Å². The monoisotopic (exact) mass is 427 g/mol. The van der Waals surface area contributed by atoms with Gasteiger partial charge in [0.25, 0.3) is 0 Å². The van der Waals surface area contributed by atoms with E-state index in [0.717, 1.165) is 61.4 Å². The Kier molecular flexibility index (Phi) is 8.00. The molecule has 0 radical (unpaired) electrons. The summed E-state index contributed by atoms with van der Waals surface area (Å²) >= 11 is 0. The van der Waals surface area contributed by atoms with Gasteiger partial charge in [-0.3, -0.25) is 4.98 Å². The number of aromatic nitrogens is 1. The topological polar surface area (TPSA) is 55.8 Å². The number of pyridine rings is 1.